The smallest absolute Gasteiger partial charge is 0.133 e. The molecule has 1 aliphatic rings. The first-order valence-corrected chi connectivity index (χ1v) is 6.81. The van der Waals surface area contributed by atoms with E-state index in [-0.39, 0.29) is 0 Å². The molecular formula is C16H19NO. The lowest BCUT2D eigenvalue weighted by Crippen LogP contribution is -2.03. The van der Waals surface area contributed by atoms with Gasteiger partial charge in [-0.15, -0.1) is 0 Å². The van der Waals surface area contributed by atoms with Crippen molar-refractivity contribution in [3.63, 3.8) is 0 Å². The third kappa shape index (κ3) is 1.96. The van der Waals surface area contributed by atoms with Crippen molar-refractivity contribution in [2.75, 3.05) is 0 Å². The highest BCUT2D eigenvalue weighted by atomic mass is 16.1. The van der Waals surface area contributed by atoms with E-state index in [1.165, 1.54) is 22.9 Å². The number of Topliss-reactive ketones (excluding diaryl/α,β-unsaturated/α-hetero) is 1. The highest BCUT2D eigenvalue weighted by molar-refractivity contribution is 5.86. The Morgan fingerprint density at radius 2 is 2.06 bits per heavy atom. The van der Waals surface area contributed by atoms with Crippen LogP contribution < -0.4 is 0 Å². The van der Waals surface area contributed by atoms with E-state index in [2.05, 4.69) is 42.1 Å². The number of fused-ring (bicyclic) bond motifs is 1. The summed E-state index contributed by atoms with van der Waals surface area (Å²) in [5, 5.41) is 1.32. The molecule has 2 aromatic rings. The summed E-state index contributed by atoms with van der Waals surface area (Å²) in [5.74, 6) is 0.858. The molecule has 0 saturated heterocycles. The second-order valence-electron chi connectivity index (χ2n) is 5.40. The van der Waals surface area contributed by atoms with Gasteiger partial charge in [0.05, 0.1) is 0 Å². The number of benzene rings is 1. The Kier molecular flexibility index (Phi) is 2.94. The van der Waals surface area contributed by atoms with Crippen LogP contribution in [-0.2, 0) is 11.8 Å². The van der Waals surface area contributed by atoms with Gasteiger partial charge in [-0.25, -0.2) is 0 Å². The maximum absolute atomic E-state index is 11.8. The van der Waals surface area contributed by atoms with E-state index in [0.29, 0.717) is 11.7 Å². The molecule has 1 aromatic carbocycles. The zero-order chi connectivity index (χ0) is 12.5. The van der Waals surface area contributed by atoms with Crippen LogP contribution in [0.15, 0.2) is 30.5 Å². The third-order valence-electron chi connectivity index (χ3n) is 4.10. The Hall–Kier alpha value is -1.57. The van der Waals surface area contributed by atoms with Crippen LogP contribution in [0, 0.1) is 0 Å². The van der Waals surface area contributed by atoms with Crippen LogP contribution in [-0.4, -0.2) is 10.4 Å². The summed E-state index contributed by atoms with van der Waals surface area (Å²) < 4.78 is 2.18. The van der Waals surface area contributed by atoms with Crippen LogP contribution in [0.1, 0.15) is 43.6 Å². The normalized spacial score (nSPS) is 21.2. The molecule has 1 aromatic heterocycles. The number of aromatic nitrogens is 1. The van der Waals surface area contributed by atoms with Crippen molar-refractivity contribution in [1.82, 2.24) is 4.57 Å². The maximum Gasteiger partial charge on any atom is 0.133 e. The van der Waals surface area contributed by atoms with Gasteiger partial charge < -0.3 is 4.57 Å². The van der Waals surface area contributed by atoms with Crippen molar-refractivity contribution in [2.45, 2.75) is 38.0 Å². The molecule has 0 radical (unpaired) electrons. The summed E-state index contributed by atoms with van der Waals surface area (Å²) in [6.45, 7) is 0. The number of para-hydroxylation sites is 1. The zero-order valence-corrected chi connectivity index (χ0v) is 10.9. The third-order valence-corrected chi connectivity index (χ3v) is 4.10. The number of hydrogen-bond acceptors (Lipinski definition) is 1. The fourth-order valence-electron chi connectivity index (χ4n) is 3.16. The molecule has 1 heterocycles. The molecule has 0 spiro atoms. The van der Waals surface area contributed by atoms with Gasteiger partial charge in [-0.3, -0.25) is 4.79 Å². The monoisotopic (exact) mass is 241 g/mol. The van der Waals surface area contributed by atoms with Crippen LogP contribution >= 0.6 is 0 Å². The van der Waals surface area contributed by atoms with Crippen LogP contribution in [0.3, 0.4) is 0 Å². The Morgan fingerprint density at radius 3 is 2.94 bits per heavy atom. The number of carbonyl (C=O) groups is 1. The molecule has 0 aliphatic heterocycles. The van der Waals surface area contributed by atoms with Crippen LogP contribution in [0.4, 0.5) is 0 Å². The summed E-state index contributed by atoms with van der Waals surface area (Å²) in [7, 11) is 2.09. The van der Waals surface area contributed by atoms with Gasteiger partial charge in [0.15, 0.2) is 0 Å². The lowest BCUT2D eigenvalue weighted by molar-refractivity contribution is -0.119. The van der Waals surface area contributed by atoms with Crippen molar-refractivity contribution < 1.29 is 4.79 Å². The molecule has 0 N–H and O–H groups in total. The first-order valence-electron chi connectivity index (χ1n) is 6.81. The van der Waals surface area contributed by atoms with E-state index in [9.17, 15) is 4.79 Å². The van der Waals surface area contributed by atoms with E-state index >= 15 is 0 Å². The largest absolute Gasteiger partial charge is 0.350 e. The minimum atomic E-state index is 0.422. The Bertz CT molecular complexity index is 582. The molecular weight excluding hydrogens is 222 g/mol. The first kappa shape index (κ1) is 11.5. The standard InChI is InChI=1S/C16H19NO/c1-17-11-15(14-8-4-5-9-16(14)17)12-6-2-3-7-13(18)10-12/h4-5,8-9,11-12H,2-3,6-7,10H2,1H3. The number of rotatable bonds is 1. The highest BCUT2D eigenvalue weighted by Gasteiger charge is 2.22. The summed E-state index contributed by atoms with van der Waals surface area (Å²) in [5.41, 5.74) is 2.63. The first-order chi connectivity index (χ1) is 8.75. The lowest BCUT2D eigenvalue weighted by atomic mass is 9.91. The number of ketones is 1. The van der Waals surface area contributed by atoms with Crippen molar-refractivity contribution >= 4 is 16.7 Å². The SMILES string of the molecule is Cn1cc(C2CCCCC(=O)C2)c2ccccc21. The predicted molar refractivity (Wildman–Crippen MR) is 73.8 cm³/mol. The van der Waals surface area contributed by atoms with Crippen molar-refractivity contribution in [3.8, 4) is 0 Å². The van der Waals surface area contributed by atoms with Gasteiger partial charge >= 0.3 is 0 Å². The molecule has 3 rings (SSSR count). The van der Waals surface area contributed by atoms with Gasteiger partial charge in [-0.1, -0.05) is 24.6 Å². The molecule has 0 amide bonds. The van der Waals surface area contributed by atoms with Gasteiger partial charge in [-0.2, -0.15) is 0 Å². The second kappa shape index (κ2) is 4.60. The number of nitrogens with zero attached hydrogens (tertiary/aromatic N) is 1. The highest BCUT2D eigenvalue weighted by Crippen LogP contribution is 2.35. The van der Waals surface area contributed by atoms with Crippen molar-refractivity contribution in [3.05, 3.63) is 36.0 Å². The molecule has 94 valence electrons. The van der Waals surface area contributed by atoms with E-state index < -0.39 is 0 Å². The fraction of sp³-hybridized carbons (Fsp3) is 0.438. The average Bonchev–Trinajstić information content (AvgIpc) is 2.57. The average molecular weight is 241 g/mol. The zero-order valence-electron chi connectivity index (χ0n) is 10.9. The van der Waals surface area contributed by atoms with E-state index in [0.717, 1.165) is 25.7 Å². The van der Waals surface area contributed by atoms with E-state index in [1.807, 2.05) is 0 Å². The molecule has 1 saturated carbocycles. The molecule has 18 heavy (non-hydrogen) atoms. The summed E-state index contributed by atoms with van der Waals surface area (Å²) >= 11 is 0. The Labute approximate surface area is 108 Å². The van der Waals surface area contributed by atoms with Crippen LogP contribution in [0.2, 0.25) is 0 Å². The molecule has 0 bridgehead atoms. The summed E-state index contributed by atoms with van der Waals surface area (Å²) in [6, 6.07) is 8.49. The fourth-order valence-corrected chi connectivity index (χ4v) is 3.16. The number of carbonyl (C=O) groups excluding carboxylic acids is 1. The van der Waals surface area contributed by atoms with Crippen LogP contribution in [0.5, 0.6) is 0 Å². The maximum atomic E-state index is 11.8. The second-order valence-corrected chi connectivity index (χ2v) is 5.40. The molecule has 2 heteroatoms. The molecule has 1 aliphatic carbocycles. The Balaban J connectivity index is 2.05. The van der Waals surface area contributed by atoms with E-state index in [1.54, 1.807) is 0 Å². The van der Waals surface area contributed by atoms with E-state index in [4.69, 9.17) is 0 Å². The summed E-state index contributed by atoms with van der Waals surface area (Å²) in [4.78, 5) is 11.8. The minimum absolute atomic E-state index is 0.422. The topological polar surface area (TPSA) is 22.0 Å². The van der Waals surface area contributed by atoms with Gasteiger partial charge in [0.25, 0.3) is 0 Å². The number of hydrogen-bond donors (Lipinski definition) is 0. The lowest BCUT2D eigenvalue weighted by Gasteiger charge is -2.12. The quantitative estimate of drug-likeness (QED) is 0.696. The van der Waals surface area contributed by atoms with Crippen LogP contribution in [0.25, 0.3) is 10.9 Å². The Morgan fingerprint density at radius 1 is 1.22 bits per heavy atom. The molecule has 1 atom stereocenters. The van der Waals surface area contributed by atoms with Crippen molar-refractivity contribution in [2.24, 2.45) is 7.05 Å². The van der Waals surface area contributed by atoms with Gasteiger partial charge in [0, 0.05) is 37.0 Å². The molecule has 2 nitrogen and oxygen atoms in total. The molecule has 1 fully saturated rings. The minimum Gasteiger partial charge on any atom is -0.350 e. The molecule has 1 unspecified atom stereocenters. The van der Waals surface area contributed by atoms with Crippen molar-refractivity contribution in [1.29, 1.82) is 0 Å². The van der Waals surface area contributed by atoms with Gasteiger partial charge in [-0.05, 0) is 30.4 Å². The number of aryl methyl sites for hydroxylation is 1. The van der Waals surface area contributed by atoms with Gasteiger partial charge in [0.2, 0.25) is 0 Å². The van der Waals surface area contributed by atoms with Gasteiger partial charge in [0.1, 0.15) is 5.78 Å². The summed E-state index contributed by atoms with van der Waals surface area (Å²) in [6.07, 6.45) is 7.13. The predicted octanol–water partition coefficient (Wildman–Crippen LogP) is 3.80.